The molecule has 0 aliphatic rings. The average Bonchev–Trinajstić information content (AvgIpc) is 3.63. The summed E-state index contributed by atoms with van der Waals surface area (Å²) in [6.45, 7) is 0. The molecule has 18 heteroatoms. The Labute approximate surface area is 341 Å². The van der Waals surface area contributed by atoms with Gasteiger partial charge in [0.2, 0.25) is 34.5 Å². The lowest BCUT2D eigenvalue weighted by Crippen LogP contribution is -1.93. The van der Waals surface area contributed by atoms with Gasteiger partial charge in [0.25, 0.3) is 0 Å². The van der Waals surface area contributed by atoms with E-state index in [1.54, 1.807) is 0 Å². The van der Waals surface area contributed by atoms with E-state index in [1.165, 1.54) is 12.1 Å². The molecule has 0 unspecified atom stereocenters. The van der Waals surface area contributed by atoms with Crippen molar-refractivity contribution in [3.63, 3.8) is 0 Å². The van der Waals surface area contributed by atoms with E-state index in [4.69, 9.17) is 4.42 Å². The van der Waals surface area contributed by atoms with Crippen LogP contribution < -0.4 is 0 Å². The number of rotatable bonds is 2. The molecular weight excluding hydrogens is 816 g/mol. The van der Waals surface area contributed by atoms with Gasteiger partial charge in [-0.25, -0.2) is 0 Å². The van der Waals surface area contributed by atoms with E-state index in [9.17, 15) is 86.8 Å². The highest BCUT2D eigenvalue weighted by Crippen LogP contribution is 2.60. The van der Waals surface area contributed by atoms with Crippen LogP contribution in [0.3, 0.4) is 0 Å². The first kappa shape index (κ1) is 37.0. The van der Waals surface area contributed by atoms with Crippen LogP contribution in [0.1, 0.15) is 0 Å². The number of hydrogen-bond donors (Lipinski definition) is 17. The molecule has 1 heterocycles. The van der Waals surface area contributed by atoms with E-state index in [1.807, 2.05) is 0 Å². The zero-order chi connectivity index (χ0) is 44.3. The first-order valence-corrected chi connectivity index (χ1v) is 17.9. The van der Waals surface area contributed by atoms with Gasteiger partial charge in [-0.05, 0) is 104 Å². The van der Waals surface area contributed by atoms with Crippen molar-refractivity contribution < 1.29 is 91.2 Å². The molecule has 18 nitrogen and oxygen atoms in total. The minimum atomic E-state index is -1.22. The summed E-state index contributed by atoms with van der Waals surface area (Å²) < 4.78 is 5.76. The molecule has 9 aromatic carbocycles. The number of phenolic OH excluding ortho intramolecular Hbond substituents is 17. The SMILES string of the molecule is Oc1cc2c(-c3cc(O)c4c(c3)oc3c(O)c(O)c(O)c(O)c34)c3cc(O)c(O)cc3c(-c3cc(O)c4c5cc(O)c(O)c(O)c5c5c(O)c(O)c(O)c(O)c5c4c3)c2cc1O. The highest BCUT2D eigenvalue weighted by molar-refractivity contribution is 6.33. The summed E-state index contributed by atoms with van der Waals surface area (Å²) >= 11 is 0. The van der Waals surface area contributed by atoms with Gasteiger partial charge in [0.05, 0.1) is 10.8 Å². The summed E-state index contributed by atoms with van der Waals surface area (Å²) in [5.41, 5.74) is -0.591. The van der Waals surface area contributed by atoms with Crippen molar-refractivity contribution in [2.24, 2.45) is 0 Å². The van der Waals surface area contributed by atoms with Gasteiger partial charge < -0.3 is 91.2 Å². The standard InChI is InChI=1S/C44H26O18/c45-18-5-12-14(7-20(18)47)27(11-3-23(50)31-25(4-11)62-44-33(31)38(56)41(59)42(60)43(44)61)15-8-21(48)19(46)6-13(15)26(12)10-1-16-28(22(49)2-10)17-9-24(51)34(52)35(53)30(17)32-29(16)36(54)39(57)40(58)37(32)55/h1-9,45-61H. The van der Waals surface area contributed by atoms with E-state index >= 15 is 0 Å². The fourth-order valence-electron chi connectivity index (χ4n) is 8.64. The molecule has 310 valence electrons. The quantitative estimate of drug-likeness (QED) is 0.0343. The Kier molecular flexibility index (Phi) is 7.09. The first-order valence-electron chi connectivity index (χ1n) is 17.9. The molecule has 62 heavy (non-hydrogen) atoms. The molecule has 0 aliphatic heterocycles. The second-order valence-corrected chi connectivity index (χ2v) is 14.7. The molecule has 0 aliphatic carbocycles. The van der Waals surface area contributed by atoms with Gasteiger partial charge in [0, 0.05) is 26.9 Å². The predicted octanol–water partition coefficient (Wildman–Crippen LogP) is 7.68. The molecular formula is C44H26O18. The number of hydrogen-bond acceptors (Lipinski definition) is 18. The van der Waals surface area contributed by atoms with Gasteiger partial charge in [-0.15, -0.1) is 0 Å². The predicted molar refractivity (Wildman–Crippen MR) is 220 cm³/mol. The summed E-state index contributed by atoms with van der Waals surface area (Å²) in [6, 6.07) is 10.3. The Bertz CT molecular complexity index is 3710. The molecule has 0 bridgehead atoms. The van der Waals surface area contributed by atoms with Crippen LogP contribution >= 0.6 is 0 Å². The third-order valence-corrected chi connectivity index (χ3v) is 11.3. The lowest BCUT2D eigenvalue weighted by Gasteiger charge is -2.21. The molecule has 0 spiro atoms. The zero-order valence-corrected chi connectivity index (χ0v) is 30.7. The van der Waals surface area contributed by atoms with Gasteiger partial charge in [0.1, 0.15) is 17.1 Å². The third kappa shape index (κ3) is 4.50. The summed E-state index contributed by atoms with van der Waals surface area (Å²) in [7, 11) is 0. The summed E-state index contributed by atoms with van der Waals surface area (Å²) in [5, 5.41) is 182. The number of fused-ring (bicyclic) bond motifs is 11. The Morgan fingerprint density at radius 2 is 0.613 bits per heavy atom. The van der Waals surface area contributed by atoms with Gasteiger partial charge in [0.15, 0.2) is 57.3 Å². The second-order valence-electron chi connectivity index (χ2n) is 14.7. The van der Waals surface area contributed by atoms with Gasteiger partial charge in [-0.2, -0.15) is 0 Å². The molecule has 0 radical (unpaired) electrons. The Balaban J connectivity index is 1.39. The van der Waals surface area contributed by atoms with Crippen LogP contribution in [0.15, 0.2) is 59.0 Å². The van der Waals surface area contributed by atoms with Gasteiger partial charge in [-0.1, -0.05) is 0 Å². The maximum atomic E-state index is 11.9. The van der Waals surface area contributed by atoms with Crippen molar-refractivity contribution in [2.45, 2.75) is 0 Å². The van der Waals surface area contributed by atoms with E-state index < -0.39 is 119 Å². The number of phenols is 17. The number of aromatic hydroxyl groups is 17. The largest absolute Gasteiger partial charge is 0.507 e. The monoisotopic (exact) mass is 842 g/mol. The molecule has 10 aromatic rings. The molecule has 0 amide bonds. The Morgan fingerprint density at radius 3 is 1.11 bits per heavy atom. The van der Waals surface area contributed by atoms with Crippen LogP contribution in [-0.2, 0) is 0 Å². The molecule has 0 saturated heterocycles. The molecule has 17 N–H and O–H groups in total. The van der Waals surface area contributed by atoms with E-state index in [2.05, 4.69) is 0 Å². The van der Waals surface area contributed by atoms with Crippen molar-refractivity contribution >= 4 is 75.8 Å². The minimum Gasteiger partial charge on any atom is -0.507 e. The summed E-state index contributed by atoms with van der Waals surface area (Å²) in [4.78, 5) is 0. The van der Waals surface area contributed by atoms with Crippen LogP contribution in [0, 0.1) is 0 Å². The highest BCUT2D eigenvalue weighted by Gasteiger charge is 2.30. The molecule has 0 saturated carbocycles. The van der Waals surface area contributed by atoms with E-state index in [-0.39, 0.29) is 76.3 Å². The number of benzene rings is 9. The van der Waals surface area contributed by atoms with Crippen molar-refractivity contribution in [2.75, 3.05) is 0 Å². The fourth-order valence-corrected chi connectivity index (χ4v) is 8.64. The Morgan fingerprint density at radius 1 is 0.242 bits per heavy atom. The van der Waals surface area contributed by atoms with Gasteiger partial charge >= 0.3 is 0 Å². The highest BCUT2D eigenvalue weighted by atomic mass is 16.4. The average molecular weight is 843 g/mol. The van der Waals surface area contributed by atoms with Crippen LogP contribution in [0.5, 0.6) is 97.7 Å². The Hall–Kier alpha value is -9.32. The second kappa shape index (κ2) is 11.9. The van der Waals surface area contributed by atoms with Crippen molar-refractivity contribution in [1.29, 1.82) is 0 Å². The van der Waals surface area contributed by atoms with Crippen LogP contribution in [0.25, 0.3) is 98.1 Å². The smallest absolute Gasteiger partial charge is 0.208 e. The van der Waals surface area contributed by atoms with Crippen molar-refractivity contribution in [3.05, 3.63) is 54.6 Å². The van der Waals surface area contributed by atoms with Crippen molar-refractivity contribution in [3.8, 4) is 120 Å². The lowest BCUT2D eigenvalue weighted by molar-refractivity contribution is 0.348. The molecule has 0 fully saturated rings. The first-order chi connectivity index (χ1) is 29.3. The van der Waals surface area contributed by atoms with Crippen LogP contribution in [0.2, 0.25) is 0 Å². The lowest BCUT2D eigenvalue weighted by atomic mass is 9.83. The minimum absolute atomic E-state index is 0.0211. The topological polar surface area (TPSA) is 357 Å². The summed E-state index contributed by atoms with van der Waals surface area (Å²) in [5.74, 6) is -15.6. The maximum Gasteiger partial charge on any atom is 0.208 e. The normalized spacial score (nSPS) is 12.0. The molecule has 1 aromatic heterocycles. The van der Waals surface area contributed by atoms with E-state index in [0.717, 1.165) is 42.5 Å². The fraction of sp³-hybridized carbons (Fsp3) is 0. The maximum absolute atomic E-state index is 11.9. The molecule has 0 atom stereocenters. The zero-order valence-electron chi connectivity index (χ0n) is 30.7. The van der Waals surface area contributed by atoms with Crippen LogP contribution in [-0.4, -0.2) is 86.8 Å². The number of furan rings is 1. The molecule has 10 rings (SSSR count). The van der Waals surface area contributed by atoms with E-state index in [0.29, 0.717) is 0 Å². The van der Waals surface area contributed by atoms with Gasteiger partial charge in [-0.3, -0.25) is 0 Å². The third-order valence-electron chi connectivity index (χ3n) is 11.3. The van der Waals surface area contributed by atoms with Crippen LogP contribution in [0.4, 0.5) is 0 Å². The summed E-state index contributed by atoms with van der Waals surface area (Å²) in [6.07, 6.45) is 0. The van der Waals surface area contributed by atoms with Crippen molar-refractivity contribution in [1.82, 2.24) is 0 Å².